The number of ether oxygens (including phenoxy) is 1. The molecule has 5 rings (SSSR count). The van der Waals surface area contributed by atoms with Gasteiger partial charge in [-0.3, -0.25) is 0 Å². The van der Waals surface area contributed by atoms with E-state index in [0.29, 0.717) is 19.7 Å². The van der Waals surface area contributed by atoms with E-state index in [1.165, 1.54) is 22.3 Å². The zero-order valence-electron chi connectivity index (χ0n) is 17.7. The molecule has 5 nitrogen and oxygen atoms in total. The maximum absolute atomic E-state index is 12.9. The van der Waals surface area contributed by atoms with Gasteiger partial charge in [-0.25, -0.2) is 9.59 Å². The normalized spacial score (nSPS) is 17.5. The number of hydrogen-bond acceptors (Lipinski definition) is 3. The maximum atomic E-state index is 12.9. The lowest BCUT2D eigenvalue weighted by Crippen LogP contribution is -2.39. The predicted molar refractivity (Wildman–Crippen MR) is 122 cm³/mol. The second-order valence-electron chi connectivity index (χ2n) is 8.52. The van der Waals surface area contributed by atoms with Crippen molar-refractivity contribution >= 4 is 12.1 Å². The number of likely N-dealkylation sites (tertiary alicyclic amines) is 1. The van der Waals surface area contributed by atoms with Crippen LogP contribution in [-0.4, -0.2) is 41.8 Å². The van der Waals surface area contributed by atoms with Gasteiger partial charge in [-0.2, -0.15) is 0 Å². The van der Waals surface area contributed by atoms with E-state index < -0.39 is 5.97 Å². The molecule has 1 amide bonds. The molecule has 32 heavy (non-hydrogen) atoms. The summed E-state index contributed by atoms with van der Waals surface area (Å²) in [6, 6.07) is 23.6. The van der Waals surface area contributed by atoms with E-state index in [2.05, 4.69) is 24.3 Å². The second kappa shape index (κ2) is 8.50. The molecular weight excluding hydrogens is 402 g/mol. The molecule has 0 bridgehead atoms. The number of benzene rings is 3. The first-order chi connectivity index (χ1) is 15.6. The van der Waals surface area contributed by atoms with Gasteiger partial charge in [0.1, 0.15) is 6.61 Å². The van der Waals surface area contributed by atoms with Crippen LogP contribution < -0.4 is 0 Å². The van der Waals surface area contributed by atoms with Gasteiger partial charge >= 0.3 is 12.1 Å². The lowest BCUT2D eigenvalue weighted by atomic mass is 9.90. The number of hydrogen-bond donors (Lipinski definition) is 1. The van der Waals surface area contributed by atoms with Crippen molar-refractivity contribution in [1.82, 2.24) is 4.90 Å². The van der Waals surface area contributed by atoms with E-state index in [1.807, 2.05) is 36.4 Å². The molecule has 1 saturated heterocycles. The van der Waals surface area contributed by atoms with E-state index in [9.17, 15) is 9.59 Å². The standard InChI is InChI=1S/C27H25NO4/c29-26(30)19-13-11-18(12-14-19)20-6-5-15-28(16-20)27(31)32-17-25-23-9-3-1-7-21(23)22-8-2-4-10-24(22)25/h1-4,7-14,20,25H,5-6,15-17H2,(H,29,30). The van der Waals surface area contributed by atoms with Crippen LogP contribution in [0.2, 0.25) is 0 Å². The van der Waals surface area contributed by atoms with Crippen molar-refractivity contribution in [2.45, 2.75) is 24.7 Å². The third kappa shape index (κ3) is 3.75. The minimum Gasteiger partial charge on any atom is -0.478 e. The van der Waals surface area contributed by atoms with Crippen LogP contribution in [0.3, 0.4) is 0 Å². The quantitative estimate of drug-likeness (QED) is 0.596. The number of aromatic carboxylic acids is 1. The number of rotatable bonds is 4. The number of carbonyl (C=O) groups is 2. The van der Waals surface area contributed by atoms with Gasteiger partial charge in [-0.05, 0) is 52.8 Å². The molecule has 0 saturated carbocycles. The van der Waals surface area contributed by atoms with Crippen molar-refractivity contribution < 1.29 is 19.4 Å². The second-order valence-corrected chi connectivity index (χ2v) is 8.52. The van der Waals surface area contributed by atoms with E-state index >= 15 is 0 Å². The first-order valence-corrected chi connectivity index (χ1v) is 11.0. The summed E-state index contributed by atoms with van der Waals surface area (Å²) >= 11 is 0. The minimum absolute atomic E-state index is 0.0514. The SMILES string of the molecule is O=C(O)c1ccc(C2CCCN(C(=O)OCC3c4ccccc4-c4ccccc43)C2)cc1. The first-order valence-electron chi connectivity index (χ1n) is 11.0. The molecule has 5 heteroatoms. The summed E-state index contributed by atoms with van der Waals surface area (Å²) in [7, 11) is 0. The number of carboxylic acid groups (broad SMARTS) is 1. The van der Waals surface area contributed by atoms with Crippen LogP contribution in [0.5, 0.6) is 0 Å². The van der Waals surface area contributed by atoms with Gasteiger partial charge in [0.2, 0.25) is 0 Å². The van der Waals surface area contributed by atoms with Crippen LogP contribution in [0.25, 0.3) is 11.1 Å². The number of piperidine rings is 1. The van der Waals surface area contributed by atoms with Gasteiger partial charge in [-0.15, -0.1) is 0 Å². The van der Waals surface area contributed by atoms with Crippen molar-refractivity contribution in [1.29, 1.82) is 0 Å². The lowest BCUT2D eigenvalue weighted by Gasteiger charge is -2.32. The fourth-order valence-electron chi connectivity index (χ4n) is 5.00. The molecule has 1 aliphatic carbocycles. The Kier molecular flexibility index (Phi) is 5.39. The topological polar surface area (TPSA) is 66.8 Å². The Labute approximate surface area is 187 Å². The van der Waals surface area contributed by atoms with E-state index in [0.717, 1.165) is 18.4 Å². The molecule has 1 atom stereocenters. The highest BCUT2D eigenvalue weighted by atomic mass is 16.6. The molecule has 1 aliphatic heterocycles. The van der Waals surface area contributed by atoms with Crippen molar-refractivity contribution in [3.8, 4) is 11.1 Å². The van der Waals surface area contributed by atoms with E-state index in [1.54, 1.807) is 17.0 Å². The highest BCUT2D eigenvalue weighted by molar-refractivity contribution is 5.87. The zero-order chi connectivity index (χ0) is 22.1. The molecule has 0 aromatic heterocycles. The molecule has 1 N–H and O–H groups in total. The van der Waals surface area contributed by atoms with Gasteiger partial charge in [-0.1, -0.05) is 60.7 Å². The lowest BCUT2D eigenvalue weighted by molar-refractivity contribution is 0.0696. The average Bonchev–Trinajstić information content (AvgIpc) is 3.16. The molecule has 1 fully saturated rings. The molecule has 0 spiro atoms. The third-order valence-corrected chi connectivity index (χ3v) is 6.64. The Morgan fingerprint density at radius 3 is 2.16 bits per heavy atom. The fraction of sp³-hybridized carbons (Fsp3) is 0.259. The van der Waals surface area contributed by atoms with Crippen LogP contribution in [0.15, 0.2) is 72.8 Å². The average molecular weight is 428 g/mol. The van der Waals surface area contributed by atoms with E-state index in [-0.39, 0.29) is 23.5 Å². The number of carboxylic acids is 1. The number of amides is 1. The molecule has 2 aliphatic rings. The van der Waals surface area contributed by atoms with Crippen molar-refractivity contribution in [3.05, 3.63) is 95.1 Å². The van der Waals surface area contributed by atoms with Gasteiger partial charge < -0.3 is 14.7 Å². The molecular formula is C27H25NO4. The Hall–Kier alpha value is -3.60. The number of carbonyl (C=O) groups excluding carboxylic acids is 1. The number of fused-ring (bicyclic) bond motifs is 3. The third-order valence-electron chi connectivity index (χ3n) is 6.64. The van der Waals surface area contributed by atoms with Gasteiger partial charge in [0.15, 0.2) is 0 Å². The summed E-state index contributed by atoms with van der Waals surface area (Å²) in [5.74, 6) is -0.692. The van der Waals surface area contributed by atoms with Crippen molar-refractivity contribution in [2.75, 3.05) is 19.7 Å². The maximum Gasteiger partial charge on any atom is 0.409 e. The van der Waals surface area contributed by atoms with Gasteiger partial charge in [0.05, 0.1) is 5.56 Å². The van der Waals surface area contributed by atoms with Crippen LogP contribution in [0.4, 0.5) is 4.79 Å². The summed E-state index contributed by atoms with van der Waals surface area (Å²) in [4.78, 5) is 25.8. The molecule has 0 radical (unpaired) electrons. The number of nitrogens with zero attached hydrogens (tertiary/aromatic N) is 1. The summed E-state index contributed by atoms with van der Waals surface area (Å²) < 4.78 is 5.82. The highest BCUT2D eigenvalue weighted by Crippen LogP contribution is 2.44. The molecule has 162 valence electrons. The summed E-state index contributed by atoms with van der Waals surface area (Å²) in [6.45, 7) is 1.59. The molecule has 1 unspecified atom stereocenters. The van der Waals surface area contributed by atoms with E-state index in [4.69, 9.17) is 9.84 Å². The van der Waals surface area contributed by atoms with Gasteiger partial charge in [0.25, 0.3) is 0 Å². The Balaban J connectivity index is 1.26. The summed E-state index contributed by atoms with van der Waals surface area (Å²) in [6.07, 6.45) is 1.59. The van der Waals surface area contributed by atoms with Crippen LogP contribution >= 0.6 is 0 Å². The Bertz CT molecular complexity index is 1110. The summed E-state index contributed by atoms with van der Waals surface area (Å²) in [5.41, 5.74) is 6.18. The zero-order valence-corrected chi connectivity index (χ0v) is 17.7. The molecule has 3 aromatic carbocycles. The van der Waals surface area contributed by atoms with Crippen LogP contribution in [0, 0.1) is 0 Å². The highest BCUT2D eigenvalue weighted by Gasteiger charge is 2.31. The van der Waals surface area contributed by atoms with Crippen molar-refractivity contribution in [2.24, 2.45) is 0 Å². The Morgan fingerprint density at radius 1 is 0.906 bits per heavy atom. The smallest absolute Gasteiger partial charge is 0.409 e. The fourth-order valence-corrected chi connectivity index (χ4v) is 5.00. The van der Waals surface area contributed by atoms with Crippen molar-refractivity contribution in [3.63, 3.8) is 0 Å². The predicted octanol–water partition coefficient (Wildman–Crippen LogP) is 5.51. The monoisotopic (exact) mass is 427 g/mol. The summed E-state index contributed by atoms with van der Waals surface area (Å²) in [5, 5.41) is 9.10. The molecule has 1 heterocycles. The largest absolute Gasteiger partial charge is 0.478 e. The first kappa shape index (κ1) is 20.3. The van der Waals surface area contributed by atoms with Crippen LogP contribution in [-0.2, 0) is 4.74 Å². The van der Waals surface area contributed by atoms with Gasteiger partial charge in [0, 0.05) is 24.9 Å². The Morgan fingerprint density at radius 2 is 1.53 bits per heavy atom. The van der Waals surface area contributed by atoms with Crippen LogP contribution in [0.1, 0.15) is 51.7 Å². The minimum atomic E-state index is -0.930. The molecule has 3 aromatic rings.